The predicted octanol–water partition coefficient (Wildman–Crippen LogP) is 2.88. The van der Waals surface area contributed by atoms with Crippen LogP contribution in [0.1, 0.15) is 37.1 Å². The minimum Gasteiger partial charge on any atom is -0.340 e. The van der Waals surface area contributed by atoms with Gasteiger partial charge in [-0.3, -0.25) is 9.69 Å². The molecule has 1 aliphatic heterocycles. The maximum atomic E-state index is 12.5. The highest BCUT2D eigenvalue weighted by molar-refractivity contribution is 5.79. The Labute approximate surface area is 154 Å². The number of nitrogens with zero attached hydrogens (tertiary/aromatic N) is 4. The predicted molar refractivity (Wildman–Crippen MR) is 98.3 cm³/mol. The van der Waals surface area contributed by atoms with Gasteiger partial charge in [-0.05, 0) is 31.9 Å². The number of carbonyl (C=O) groups excluding carboxylic acids is 1. The molecular weight excluding hydrogens is 328 g/mol. The molecule has 2 aliphatic rings. The van der Waals surface area contributed by atoms with Crippen LogP contribution in [0.15, 0.2) is 28.8 Å². The lowest BCUT2D eigenvalue weighted by molar-refractivity contribution is -0.137. The van der Waals surface area contributed by atoms with Crippen LogP contribution >= 0.6 is 0 Å². The molecule has 0 bridgehead atoms. The van der Waals surface area contributed by atoms with Crippen molar-refractivity contribution in [3.05, 3.63) is 35.7 Å². The maximum absolute atomic E-state index is 12.5. The number of benzene rings is 1. The lowest BCUT2D eigenvalue weighted by Gasteiger charge is -2.35. The zero-order valence-corrected chi connectivity index (χ0v) is 15.4. The van der Waals surface area contributed by atoms with Crippen LogP contribution in [-0.2, 0) is 11.3 Å². The van der Waals surface area contributed by atoms with Crippen molar-refractivity contribution in [2.24, 2.45) is 5.92 Å². The SMILES string of the molecule is Cc1cccc(-c2nc(CN3CCN(C(=O)C4CCCC4)CC3)no2)c1. The third-order valence-corrected chi connectivity index (χ3v) is 5.49. The van der Waals surface area contributed by atoms with Gasteiger partial charge in [0.15, 0.2) is 5.82 Å². The molecule has 2 aromatic rings. The smallest absolute Gasteiger partial charge is 0.257 e. The molecule has 26 heavy (non-hydrogen) atoms. The molecule has 138 valence electrons. The monoisotopic (exact) mass is 354 g/mol. The van der Waals surface area contributed by atoms with Crippen molar-refractivity contribution in [1.29, 1.82) is 0 Å². The van der Waals surface area contributed by atoms with E-state index in [4.69, 9.17) is 4.52 Å². The van der Waals surface area contributed by atoms with Gasteiger partial charge in [0.1, 0.15) is 0 Å². The lowest BCUT2D eigenvalue weighted by Crippen LogP contribution is -2.49. The number of aromatic nitrogens is 2. The van der Waals surface area contributed by atoms with Crippen molar-refractivity contribution < 1.29 is 9.32 Å². The van der Waals surface area contributed by atoms with Crippen LogP contribution in [0.5, 0.6) is 0 Å². The molecule has 0 radical (unpaired) electrons. The number of carbonyl (C=O) groups is 1. The quantitative estimate of drug-likeness (QED) is 0.845. The first-order chi connectivity index (χ1) is 12.7. The van der Waals surface area contributed by atoms with E-state index in [1.807, 2.05) is 36.1 Å². The van der Waals surface area contributed by atoms with Crippen LogP contribution in [0.2, 0.25) is 0 Å². The molecule has 4 rings (SSSR count). The highest BCUT2D eigenvalue weighted by Crippen LogP contribution is 2.27. The van der Waals surface area contributed by atoms with Crippen LogP contribution in [0.25, 0.3) is 11.5 Å². The van der Waals surface area contributed by atoms with E-state index >= 15 is 0 Å². The van der Waals surface area contributed by atoms with Crippen molar-refractivity contribution in [2.75, 3.05) is 26.2 Å². The second kappa shape index (κ2) is 7.58. The van der Waals surface area contributed by atoms with Gasteiger partial charge >= 0.3 is 0 Å². The Balaban J connectivity index is 1.31. The van der Waals surface area contributed by atoms with Gasteiger partial charge in [0.05, 0.1) is 6.54 Å². The van der Waals surface area contributed by atoms with Crippen LogP contribution in [0.3, 0.4) is 0 Å². The first kappa shape index (κ1) is 17.2. The minimum atomic E-state index is 0.274. The molecule has 2 fully saturated rings. The molecule has 1 aromatic heterocycles. The van der Waals surface area contributed by atoms with Crippen LogP contribution < -0.4 is 0 Å². The van der Waals surface area contributed by atoms with E-state index in [9.17, 15) is 4.79 Å². The summed E-state index contributed by atoms with van der Waals surface area (Å²) < 4.78 is 5.42. The Hall–Kier alpha value is -2.21. The normalized spacial score (nSPS) is 19.2. The summed E-state index contributed by atoms with van der Waals surface area (Å²) in [4.78, 5) is 21.4. The molecule has 0 unspecified atom stereocenters. The number of hydrogen-bond acceptors (Lipinski definition) is 5. The summed E-state index contributed by atoms with van der Waals surface area (Å²) in [7, 11) is 0. The van der Waals surface area contributed by atoms with Gasteiger partial charge in [0.2, 0.25) is 5.91 Å². The topological polar surface area (TPSA) is 62.5 Å². The van der Waals surface area contributed by atoms with Crippen LogP contribution in [0.4, 0.5) is 0 Å². The Morgan fingerprint density at radius 3 is 2.69 bits per heavy atom. The maximum Gasteiger partial charge on any atom is 0.257 e. The van der Waals surface area contributed by atoms with Crippen molar-refractivity contribution in [3.8, 4) is 11.5 Å². The van der Waals surface area contributed by atoms with E-state index in [1.54, 1.807) is 0 Å². The fourth-order valence-corrected chi connectivity index (χ4v) is 3.97. The van der Waals surface area contributed by atoms with Gasteiger partial charge in [0.25, 0.3) is 5.89 Å². The first-order valence-corrected chi connectivity index (χ1v) is 9.60. The van der Waals surface area contributed by atoms with Crippen LogP contribution in [-0.4, -0.2) is 52.0 Å². The summed E-state index contributed by atoms with van der Waals surface area (Å²) in [5, 5.41) is 4.13. The van der Waals surface area contributed by atoms with Gasteiger partial charge in [-0.15, -0.1) is 0 Å². The highest BCUT2D eigenvalue weighted by Gasteiger charge is 2.29. The average molecular weight is 354 g/mol. The Morgan fingerprint density at radius 1 is 1.19 bits per heavy atom. The fraction of sp³-hybridized carbons (Fsp3) is 0.550. The fourth-order valence-electron chi connectivity index (χ4n) is 3.97. The molecule has 1 aromatic carbocycles. The highest BCUT2D eigenvalue weighted by atomic mass is 16.5. The third kappa shape index (κ3) is 3.80. The van der Waals surface area contributed by atoms with Gasteiger partial charge in [-0.1, -0.05) is 35.7 Å². The first-order valence-electron chi connectivity index (χ1n) is 9.60. The lowest BCUT2D eigenvalue weighted by atomic mass is 10.1. The summed E-state index contributed by atoms with van der Waals surface area (Å²) in [6.07, 6.45) is 4.56. The van der Waals surface area contributed by atoms with Crippen molar-refractivity contribution in [3.63, 3.8) is 0 Å². The zero-order chi connectivity index (χ0) is 17.9. The molecule has 6 heteroatoms. The molecule has 0 N–H and O–H groups in total. The summed E-state index contributed by atoms with van der Waals surface area (Å²) in [6, 6.07) is 8.07. The molecule has 0 atom stereocenters. The van der Waals surface area contributed by atoms with E-state index < -0.39 is 0 Å². The van der Waals surface area contributed by atoms with Crippen molar-refractivity contribution in [2.45, 2.75) is 39.2 Å². The number of aryl methyl sites for hydroxylation is 1. The van der Waals surface area contributed by atoms with Crippen LogP contribution in [0, 0.1) is 12.8 Å². The van der Waals surface area contributed by atoms with E-state index in [2.05, 4.69) is 15.0 Å². The summed E-state index contributed by atoms with van der Waals surface area (Å²) in [6.45, 7) is 6.06. The largest absolute Gasteiger partial charge is 0.340 e. The Morgan fingerprint density at radius 2 is 1.96 bits per heavy atom. The van der Waals surface area contributed by atoms with Gasteiger partial charge in [0, 0.05) is 37.7 Å². The molecule has 2 heterocycles. The Bertz CT molecular complexity index is 759. The standard InChI is InChI=1S/C20H26N4O2/c1-15-5-4-8-17(13-15)19-21-18(22-26-19)14-23-9-11-24(12-10-23)20(25)16-6-2-3-7-16/h4-5,8,13,16H,2-3,6-7,9-12,14H2,1H3. The van der Waals surface area contributed by atoms with Crippen molar-refractivity contribution in [1.82, 2.24) is 19.9 Å². The molecule has 0 spiro atoms. The Kier molecular flexibility index (Phi) is 5.02. The average Bonchev–Trinajstić information content (AvgIpc) is 3.34. The van der Waals surface area contributed by atoms with E-state index in [1.165, 1.54) is 18.4 Å². The van der Waals surface area contributed by atoms with E-state index in [0.717, 1.165) is 44.6 Å². The zero-order valence-electron chi connectivity index (χ0n) is 15.4. The second-order valence-corrected chi connectivity index (χ2v) is 7.47. The summed E-state index contributed by atoms with van der Waals surface area (Å²) in [5.74, 6) is 1.91. The van der Waals surface area contributed by atoms with Gasteiger partial charge in [-0.2, -0.15) is 4.98 Å². The molecular formula is C20H26N4O2. The molecule has 1 saturated carbocycles. The van der Waals surface area contributed by atoms with E-state index in [-0.39, 0.29) is 5.92 Å². The number of hydrogen-bond donors (Lipinski definition) is 0. The molecule has 1 saturated heterocycles. The third-order valence-electron chi connectivity index (χ3n) is 5.49. The molecule has 1 aliphatic carbocycles. The molecule has 6 nitrogen and oxygen atoms in total. The number of piperazine rings is 1. The van der Waals surface area contributed by atoms with Gasteiger partial charge in [-0.25, -0.2) is 0 Å². The summed E-state index contributed by atoms with van der Waals surface area (Å²) in [5.41, 5.74) is 2.13. The minimum absolute atomic E-state index is 0.274. The molecule has 1 amide bonds. The number of amides is 1. The van der Waals surface area contributed by atoms with E-state index in [0.29, 0.717) is 24.2 Å². The second-order valence-electron chi connectivity index (χ2n) is 7.47. The van der Waals surface area contributed by atoms with Gasteiger partial charge < -0.3 is 9.42 Å². The number of rotatable bonds is 4. The summed E-state index contributed by atoms with van der Waals surface area (Å²) >= 11 is 0. The van der Waals surface area contributed by atoms with Crippen molar-refractivity contribution >= 4 is 5.91 Å².